The van der Waals surface area contributed by atoms with Gasteiger partial charge in [0.05, 0.1) is 16.8 Å². The van der Waals surface area contributed by atoms with Gasteiger partial charge in [0.1, 0.15) is 23.5 Å². The Hall–Kier alpha value is -4.96. The van der Waals surface area contributed by atoms with Gasteiger partial charge in [-0.25, -0.2) is 22.0 Å². The van der Waals surface area contributed by atoms with Crippen LogP contribution in [0.1, 0.15) is 21.7 Å². The Morgan fingerprint density at radius 3 is 2.08 bits per heavy atom. The van der Waals surface area contributed by atoms with Crippen LogP contribution in [0, 0.1) is 51.7 Å². The number of carbonyl (C=O) groups is 1. The van der Waals surface area contributed by atoms with E-state index in [-0.39, 0.29) is 39.3 Å². The highest BCUT2D eigenvalue weighted by atomic mass is 19.2. The number of nitrogens with zero attached hydrogens (tertiary/aromatic N) is 3. The van der Waals surface area contributed by atoms with Crippen molar-refractivity contribution in [3.63, 3.8) is 0 Å². The molecule has 0 amide bonds. The summed E-state index contributed by atoms with van der Waals surface area (Å²) < 4.78 is 76.4. The molecular formula is C26H10F5N3O2. The SMILES string of the molecule is Cn1c(-c2c(F)c(F)c(F)c(F)c2F)cc2oc(/C=C3\C(=O)c4ccccc4C3=C(C#N)C#N)cc21. The van der Waals surface area contributed by atoms with Gasteiger partial charge in [0.25, 0.3) is 0 Å². The molecule has 0 N–H and O–H groups in total. The van der Waals surface area contributed by atoms with Gasteiger partial charge in [0, 0.05) is 35.9 Å². The van der Waals surface area contributed by atoms with E-state index in [4.69, 9.17) is 4.42 Å². The van der Waals surface area contributed by atoms with Gasteiger partial charge in [-0.1, -0.05) is 24.3 Å². The molecule has 2 aromatic heterocycles. The number of ketones is 1. The lowest BCUT2D eigenvalue weighted by Gasteiger charge is -2.09. The third kappa shape index (κ3) is 3.08. The summed E-state index contributed by atoms with van der Waals surface area (Å²) in [5.41, 5.74) is -0.548. The third-order valence-electron chi connectivity index (χ3n) is 5.93. The van der Waals surface area contributed by atoms with Crippen LogP contribution in [0.3, 0.4) is 0 Å². The number of rotatable bonds is 2. The molecule has 2 aromatic carbocycles. The molecule has 10 heteroatoms. The molecule has 5 rings (SSSR count). The molecule has 2 heterocycles. The van der Waals surface area contributed by atoms with Crippen LogP contribution in [-0.2, 0) is 7.05 Å². The molecule has 0 atom stereocenters. The van der Waals surface area contributed by atoms with Crippen molar-refractivity contribution in [1.82, 2.24) is 4.57 Å². The predicted molar refractivity (Wildman–Crippen MR) is 117 cm³/mol. The minimum absolute atomic E-state index is 0.0355. The van der Waals surface area contributed by atoms with E-state index in [2.05, 4.69) is 0 Å². The van der Waals surface area contributed by atoms with Crippen LogP contribution in [0.2, 0.25) is 0 Å². The number of aromatic nitrogens is 1. The molecule has 1 aliphatic rings. The molecule has 1 aliphatic carbocycles. The average Bonchev–Trinajstić information content (AvgIpc) is 3.50. The van der Waals surface area contributed by atoms with Crippen LogP contribution in [0.15, 0.2) is 52.0 Å². The first kappa shape index (κ1) is 22.8. The number of benzene rings is 2. The molecule has 5 nitrogen and oxygen atoms in total. The van der Waals surface area contributed by atoms with Crippen molar-refractivity contribution in [3.8, 4) is 23.4 Å². The van der Waals surface area contributed by atoms with E-state index in [0.717, 1.165) is 6.07 Å². The zero-order valence-electron chi connectivity index (χ0n) is 18.1. The summed E-state index contributed by atoms with van der Waals surface area (Å²) in [5.74, 6) is -10.7. The standard InChI is InChI=1S/C26H10F5N3O2/c1-34-16-7-12(6-15-19(11(9-32)10-33)13-4-2-3-5-14(13)26(15)35)36-18(16)8-17(34)20-21(27)23(29)25(31)24(30)22(20)28/h2-8H,1H3/b15-6-. The largest absolute Gasteiger partial charge is 0.455 e. The summed E-state index contributed by atoms with van der Waals surface area (Å²) in [6.45, 7) is 0. The summed E-state index contributed by atoms with van der Waals surface area (Å²) in [6, 6.07) is 12.5. The molecule has 4 aromatic rings. The highest BCUT2D eigenvalue weighted by molar-refractivity contribution is 6.29. The molecule has 0 fully saturated rings. The van der Waals surface area contributed by atoms with E-state index in [1.165, 1.54) is 23.8 Å². The van der Waals surface area contributed by atoms with Crippen LogP contribution in [0.4, 0.5) is 22.0 Å². The van der Waals surface area contributed by atoms with Crippen molar-refractivity contribution >= 4 is 28.5 Å². The summed E-state index contributed by atoms with van der Waals surface area (Å²) in [4.78, 5) is 13.0. The van der Waals surface area contributed by atoms with Gasteiger partial charge in [-0.2, -0.15) is 10.5 Å². The number of nitriles is 2. The fourth-order valence-electron chi connectivity index (χ4n) is 4.26. The Bertz CT molecular complexity index is 1750. The van der Waals surface area contributed by atoms with Crippen LogP contribution in [0.25, 0.3) is 34.0 Å². The number of hydrogen-bond acceptors (Lipinski definition) is 4. The topological polar surface area (TPSA) is 82.7 Å². The van der Waals surface area contributed by atoms with Gasteiger partial charge in [-0.05, 0) is 11.6 Å². The number of allylic oxidation sites excluding steroid dienone is 3. The lowest BCUT2D eigenvalue weighted by molar-refractivity contribution is 0.104. The van der Waals surface area contributed by atoms with E-state index in [0.29, 0.717) is 11.1 Å². The minimum Gasteiger partial charge on any atom is -0.455 e. The van der Waals surface area contributed by atoms with Crippen molar-refractivity contribution in [2.45, 2.75) is 0 Å². The number of halogens is 5. The fourth-order valence-corrected chi connectivity index (χ4v) is 4.26. The number of aryl methyl sites for hydroxylation is 1. The van der Waals surface area contributed by atoms with Crippen LogP contribution in [-0.4, -0.2) is 10.4 Å². The average molecular weight is 491 g/mol. The Kier molecular flexibility index (Phi) is 5.11. The second-order valence-electron chi connectivity index (χ2n) is 7.84. The van der Waals surface area contributed by atoms with Gasteiger partial charge in [0.15, 0.2) is 34.6 Å². The molecule has 0 radical (unpaired) electrons. The first-order valence-corrected chi connectivity index (χ1v) is 10.2. The Morgan fingerprint density at radius 1 is 0.917 bits per heavy atom. The lowest BCUT2D eigenvalue weighted by atomic mass is 9.99. The summed E-state index contributed by atoms with van der Waals surface area (Å²) >= 11 is 0. The van der Waals surface area contributed by atoms with Gasteiger partial charge in [0.2, 0.25) is 5.82 Å². The minimum atomic E-state index is -2.26. The van der Waals surface area contributed by atoms with Crippen molar-refractivity contribution in [1.29, 1.82) is 10.5 Å². The molecule has 0 saturated carbocycles. The third-order valence-corrected chi connectivity index (χ3v) is 5.93. The zero-order valence-corrected chi connectivity index (χ0v) is 18.1. The zero-order chi connectivity index (χ0) is 25.9. The number of carbonyl (C=O) groups excluding carboxylic acids is 1. The maximum Gasteiger partial charge on any atom is 0.200 e. The normalized spacial score (nSPS) is 13.8. The van der Waals surface area contributed by atoms with E-state index in [9.17, 15) is 37.3 Å². The first-order chi connectivity index (χ1) is 17.2. The van der Waals surface area contributed by atoms with Crippen molar-refractivity contribution in [3.05, 3.63) is 93.5 Å². The van der Waals surface area contributed by atoms with E-state index < -0.39 is 40.4 Å². The smallest absolute Gasteiger partial charge is 0.200 e. The van der Waals surface area contributed by atoms with Crippen LogP contribution < -0.4 is 0 Å². The maximum absolute atomic E-state index is 14.3. The van der Waals surface area contributed by atoms with Crippen LogP contribution in [0.5, 0.6) is 0 Å². The number of furan rings is 1. The van der Waals surface area contributed by atoms with Gasteiger partial charge in [-0.15, -0.1) is 0 Å². The molecule has 0 unspecified atom stereocenters. The molecule has 176 valence electrons. The molecule has 0 saturated heterocycles. The summed E-state index contributed by atoms with van der Waals surface area (Å²) in [6.07, 6.45) is 1.32. The van der Waals surface area contributed by atoms with Gasteiger partial charge in [-0.3, -0.25) is 4.79 Å². The molecule has 0 bridgehead atoms. The van der Waals surface area contributed by atoms with Crippen molar-refractivity contribution in [2.24, 2.45) is 7.05 Å². The summed E-state index contributed by atoms with van der Waals surface area (Å²) in [7, 11) is 1.34. The highest BCUT2D eigenvalue weighted by Gasteiger charge is 2.33. The number of Topliss-reactive ketones (excluding diaryl/α,β-unsaturated/α-hetero) is 1. The fraction of sp³-hybridized carbons (Fsp3) is 0.0385. The second kappa shape index (κ2) is 8.07. The molecule has 0 spiro atoms. The van der Waals surface area contributed by atoms with E-state index in [1.54, 1.807) is 36.4 Å². The van der Waals surface area contributed by atoms with Crippen LogP contribution >= 0.6 is 0 Å². The van der Waals surface area contributed by atoms with Crippen molar-refractivity contribution < 1.29 is 31.2 Å². The number of hydrogen-bond donors (Lipinski definition) is 0. The molecule has 0 aliphatic heterocycles. The number of fused-ring (bicyclic) bond motifs is 2. The Morgan fingerprint density at radius 2 is 1.50 bits per heavy atom. The van der Waals surface area contributed by atoms with Gasteiger partial charge < -0.3 is 8.98 Å². The first-order valence-electron chi connectivity index (χ1n) is 10.2. The molecular weight excluding hydrogens is 481 g/mol. The van der Waals surface area contributed by atoms with Crippen molar-refractivity contribution in [2.75, 3.05) is 0 Å². The lowest BCUT2D eigenvalue weighted by Crippen LogP contribution is -2.06. The second-order valence-corrected chi connectivity index (χ2v) is 7.84. The Labute approximate surface area is 199 Å². The molecule has 36 heavy (non-hydrogen) atoms. The maximum atomic E-state index is 14.3. The quantitative estimate of drug-likeness (QED) is 0.110. The highest BCUT2D eigenvalue weighted by Crippen LogP contribution is 2.41. The van der Waals surface area contributed by atoms with E-state index >= 15 is 0 Å². The van der Waals surface area contributed by atoms with E-state index in [1.807, 2.05) is 0 Å². The summed E-state index contributed by atoms with van der Waals surface area (Å²) in [5, 5.41) is 18.8. The Balaban J connectivity index is 1.67. The monoisotopic (exact) mass is 491 g/mol. The van der Waals surface area contributed by atoms with Gasteiger partial charge >= 0.3 is 0 Å². The predicted octanol–water partition coefficient (Wildman–Crippen LogP) is 6.21.